The van der Waals surface area contributed by atoms with Gasteiger partial charge in [0.15, 0.2) is 0 Å². The van der Waals surface area contributed by atoms with Crippen LogP contribution in [-0.2, 0) is 17.7 Å². The van der Waals surface area contributed by atoms with E-state index in [0.29, 0.717) is 24.7 Å². The van der Waals surface area contributed by atoms with Crippen LogP contribution >= 0.6 is 0 Å². The number of aryl methyl sites for hydroxylation is 3. The summed E-state index contributed by atoms with van der Waals surface area (Å²) < 4.78 is 4.85. The van der Waals surface area contributed by atoms with Crippen molar-refractivity contribution in [2.45, 2.75) is 40.7 Å². The van der Waals surface area contributed by atoms with Crippen molar-refractivity contribution in [3.63, 3.8) is 0 Å². The Labute approximate surface area is 160 Å². The first-order valence-electron chi connectivity index (χ1n) is 8.53. The molecule has 1 amide bonds. The molecule has 0 bridgehead atoms. The fraction of sp³-hybridized carbons (Fsp3) is 0.368. The van der Waals surface area contributed by atoms with Gasteiger partial charge in [0.1, 0.15) is 5.69 Å². The first kappa shape index (κ1) is 21.6. The lowest BCUT2D eigenvalue weighted by atomic mass is 9.98. The molecule has 5 N–H and O–H groups in total. The van der Waals surface area contributed by atoms with E-state index in [-0.39, 0.29) is 12.4 Å². The number of H-pyrrole nitrogens is 1. The molecule has 0 aliphatic carbocycles. The first-order chi connectivity index (χ1) is 11.9. The molecule has 6 nitrogen and oxygen atoms in total. The van der Waals surface area contributed by atoms with Crippen molar-refractivity contribution >= 4 is 23.4 Å². The van der Waals surface area contributed by atoms with Crippen molar-refractivity contribution in [1.29, 1.82) is 0 Å². The Balaban J connectivity index is 0.00000338. The molecule has 7 heteroatoms. The lowest BCUT2D eigenvalue weighted by Gasteiger charge is -2.12. The highest BCUT2D eigenvalue weighted by atomic mass is 35.5. The summed E-state index contributed by atoms with van der Waals surface area (Å²) in [6, 6.07) is 8.04. The van der Waals surface area contributed by atoms with E-state index in [2.05, 4.69) is 48.5 Å². The second-order valence-electron chi connectivity index (χ2n) is 5.96. The molecule has 26 heavy (non-hydrogen) atoms. The van der Waals surface area contributed by atoms with Gasteiger partial charge in [-0.05, 0) is 55.5 Å². The van der Waals surface area contributed by atoms with E-state index in [1.807, 2.05) is 6.07 Å². The third-order valence-electron chi connectivity index (χ3n) is 4.11. The highest BCUT2D eigenvalue weighted by Gasteiger charge is 2.12. The smallest absolute Gasteiger partial charge is 0.411 e. The van der Waals surface area contributed by atoms with Crippen LogP contribution in [0.4, 0.5) is 22.1 Å². The van der Waals surface area contributed by atoms with E-state index in [4.69, 9.17) is 10.5 Å². The van der Waals surface area contributed by atoms with Gasteiger partial charge < -0.3 is 28.2 Å². The van der Waals surface area contributed by atoms with Crippen LogP contribution in [0, 0.1) is 13.8 Å². The Morgan fingerprint density at radius 2 is 1.85 bits per heavy atom. The molecule has 142 valence electrons. The molecule has 0 saturated heterocycles. The third-order valence-corrected chi connectivity index (χ3v) is 4.11. The van der Waals surface area contributed by atoms with Crippen LogP contribution in [0.25, 0.3) is 0 Å². The zero-order valence-corrected chi connectivity index (χ0v) is 16.5. The number of carbonyl (C=O) groups is 1. The van der Waals surface area contributed by atoms with Gasteiger partial charge in [-0.3, -0.25) is 5.32 Å². The lowest BCUT2D eigenvalue weighted by Crippen LogP contribution is -3.00. The number of carbonyl (C=O) groups excluding carboxylic acids is 1. The van der Waals surface area contributed by atoms with E-state index >= 15 is 0 Å². The third kappa shape index (κ3) is 5.52. The summed E-state index contributed by atoms with van der Waals surface area (Å²) in [5.41, 5.74) is 11.6. The summed E-state index contributed by atoms with van der Waals surface area (Å²) in [5, 5.41) is 5.94. The first-order valence-corrected chi connectivity index (χ1v) is 8.53. The molecule has 1 aromatic carbocycles. The number of nitrogen functional groups attached to an aromatic ring is 1. The molecule has 0 unspecified atom stereocenters. The Hall–Kier alpha value is -2.47. The van der Waals surface area contributed by atoms with Gasteiger partial charge >= 0.3 is 6.09 Å². The van der Waals surface area contributed by atoms with Crippen LogP contribution in [0.3, 0.4) is 0 Å². The lowest BCUT2D eigenvalue weighted by molar-refractivity contribution is -0.342. The Morgan fingerprint density at radius 3 is 2.38 bits per heavy atom. The summed E-state index contributed by atoms with van der Waals surface area (Å²) in [4.78, 5) is 14.5. The van der Waals surface area contributed by atoms with Gasteiger partial charge in [0, 0.05) is 6.07 Å². The highest BCUT2D eigenvalue weighted by Crippen LogP contribution is 2.19. The summed E-state index contributed by atoms with van der Waals surface area (Å²) in [6.07, 6.45) is 0.514. The average Bonchev–Trinajstić information content (AvgIpc) is 2.56. The average molecular weight is 379 g/mol. The van der Waals surface area contributed by atoms with Gasteiger partial charge in [-0.1, -0.05) is 19.1 Å². The quantitative estimate of drug-likeness (QED) is 0.680. The molecular weight excluding hydrogens is 352 g/mol. The zero-order valence-electron chi connectivity index (χ0n) is 15.7. The maximum absolute atomic E-state index is 11.5. The fourth-order valence-electron chi connectivity index (χ4n) is 2.75. The minimum absolute atomic E-state index is 0. The summed E-state index contributed by atoms with van der Waals surface area (Å²) in [6.45, 7) is 9.18. The molecule has 0 aliphatic heterocycles. The molecule has 0 aliphatic rings. The van der Waals surface area contributed by atoms with Gasteiger partial charge in [0.05, 0.1) is 13.2 Å². The van der Waals surface area contributed by atoms with Crippen LogP contribution in [0.15, 0.2) is 24.3 Å². The number of anilines is 3. The number of aromatic amines is 1. The van der Waals surface area contributed by atoms with E-state index in [9.17, 15) is 4.79 Å². The molecule has 0 saturated carbocycles. The zero-order chi connectivity index (χ0) is 18.4. The van der Waals surface area contributed by atoms with Crippen molar-refractivity contribution in [2.24, 2.45) is 0 Å². The summed E-state index contributed by atoms with van der Waals surface area (Å²) >= 11 is 0. The molecule has 2 rings (SSSR count). The predicted octanol–water partition coefficient (Wildman–Crippen LogP) is 0.447. The predicted molar refractivity (Wildman–Crippen MR) is 101 cm³/mol. The normalized spacial score (nSPS) is 10.0. The Kier molecular flexibility index (Phi) is 8.19. The molecular formula is C19H27ClN4O2. The second-order valence-corrected chi connectivity index (χ2v) is 5.96. The molecule has 0 radical (unpaired) electrons. The Bertz CT molecular complexity index is 742. The van der Waals surface area contributed by atoms with Crippen LogP contribution in [-0.4, -0.2) is 12.7 Å². The molecule has 0 spiro atoms. The number of amides is 1. The SMILES string of the molecule is CCOC(=O)Nc1ccc(NCc2c(C)cc(CC)cc2C)[nH+]c1N.[Cl-]. The number of aromatic nitrogens is 1. The highest BCUT2D eigenvalue weighted by molar-refractivity contribution is 5.87. The van der Waals surface area contributed by atoms with Crippen LogP contribution in [0.5, 0.6) is 0 Å². The number of pyridine rings is 1. The van der Waals surface area contributed by atoms with E-state index in [1.165, 1.54) is 22.3 Å². The maximum atomic E-state index is 11.5. The monoisotopic (exact) mass is 378 g/mol. The number of rotatable bonds is 6. The minimum atomic E-state index is -0.523. The number of benzene rings is 1. The van der Waals surface area contributed by atoms with Gasteiger partial charge in [0.2, 0.25) is 11.6 Å². The van der Waals surface area contributed by atoms with Crippen molar-refractivity contribution in [2.75, 3.05) is 23.0 Å². The van der Waals surface area contributed by atoms with E-state index < -0.39 is 6.09 Å². The number of hydrogen-bond acceptors (Lipinski definition) is 4. The fourth-order valence-corrected chi connectivity index (χ4v) is 2.75. The number of ether oxygens (including phenoxy) is 1. The Morgan fingerprint density at radius 1 is 1.19 bits per heavy atom. The largest absolute Gasteiger partial charge is 1.00 e. The summed E-state index contributed by atoms with van der Waals surface area (Å²) in [5.74, 6) is 1.15. The van der Waals surface area contributed by atoms with Gasteiger partial charge in [-0.2, -0.15) is 0 Å². The van der Waals surface area contributed by atoms with Crippen molar-refractivity contribution in [3.8, 4) is 0 Å². The molecule has 2 aromatic rings. The van der Waals surface area contributed by atoms with Crippen LogP contribution in [0.2, 0.25) is 0 Å². The van der Waals surface area contributed by atoms with E-state index in [1.54, 1.807) is 13.0 Å². The summed E-state index contributed by atoms with van der Waals surface area (Å²) in [7, 11) is 0. The standard InChI is InChI=1S/C19H26N4O2.ClH/c1-5-14-9-12(3)15(13(4)10-14)11-21-17-8-7-16(18(20)23-17)22-19(24)25-6-2;/h7-10H,5-6,11H2,1-4H3,(H,22,24)(H3,20,21,23);1H. The van der Waals surface area contributed by atoms with Crippen molar-refractivity contribution < 1.29 is 26.9 Å². The maximum Gasteiger partial charge on any atom is 0.411 e. The molecule has 1 aromatic heterocycles. The van der Waals surface area contributed by atoms with Gasteiger partial charge in [-0.15, -0.1) is 0 Å². The van der Waals surface area contributed by atoms with Gasteiger partial charge in [-0.25, -0.2) is 9.78 Å². The van der Waals surface area contributed by atoms with E-state index in [0.717, 1.165) is 12.2 Å². The van der Waals surface area contributed by atoms with Crippen LogP contribution in [0.1, 0.15) is 36.1 Å². The topological polar surface area (TPSA) is 90.5 Å². The van der Waals surface area contributed by atoms with Crippen molar-refractivity contribution in [1.82, 2.24) is 0 Å². The molecule has 0 atom stereocenters. The van der Waals surface area contributed by atoms with Crippen LogP contribution < -0.4 is 33.8 Å². The number of hydrogen-bond donors (Lipinski definition) is 3. The molecule has 0 fully saturated rings. The van der Waals surface area contributed by atoms with Crippen molar-refractivity contribution in [3.05, 3.63) is 46.5 Å². The second kappa shape index (κ2) is 9.87. The minimum Gasteiger partial charge on any atom is -1.00 e. The molecule has 1 heterocycles. The number of nitrogens with one attached hydrogen (secondary N) is 3. The van der Waals surface area contributed by atoms with Gasteiger partial charge in [0.25, 0.3) is 0 Å². The number of nitrogens with two attached hydrogens (primary N) is 1. The number of halogens is 1.